The van der Waals surface area contributed by atoms with E-state index in [1.54, 1.807) is 4.90 Å². The summed E-state index contributed by atoms with van der Waals surface area (Å²) >= 11 is 0. The first-order chi connectivity index (χ1) is 11.4. The lowest BCUT2D eigenvalue weighted by Gasteiger charge is -2.17. The molecular weight excluding hydrogens is 302 g/mol. The highest BCUT2D eigenvalue weighted by atomic mass is 16.5. The molecule has 2 aromatic carbocycles. The molecule has 0 aromatic heterocycles. The average molecular weight is 323 g/mol. The van der Waals surface area contributed by atoms with E-state index in [-0.39, 0.29) is 18.3 Å². The molecule has 1 aliphatic rings. The van der Waals surface area contributed by atoms with Crippen molar-refractivity contribution in [3.8, 4) is 5.75 Å². The Hall–Kier alpha value is -2.62. The molecule has 4 heteroatoms. The van der Waals surface area contributed by atoms with E-state index >= 15 is 0 Å². The van der Waals surface area contributed by atoms with Crippen molar-refractivity contribution in [2.24, 2.45) is 5.92 Å². The zero-order valence-corrected chi connectivity index (χ0v) is 14.2. The topological polar surface area (TPSA) is 46.6 Å². The number of ether oxygens (including phenoxy) is 1. The molecule has 0 aliphatic carbocycles. The average Bonchev–Trinajstić information content (AvgIpc) is 2.94. The lowest BCUT2D eigenvalue weighted by Crippen LogP contribution is -2.27. The van der Waals surface area contributed by atoms with Gasteiger partial charge in [0.15, 0.2) is 0 Å². The van der Waals surface area contributed by atoms with Crippen molar-refractivity contribution in [2.45, 2.75) is 27.2 Å². The summed E-state index contributed by atoms with van der Waals surface area (Å²) in [5, 5.41) is 0. The maximum Gasteiger partial charge on any atom is 0.316 e. The van der Waals surface area contributed by atoms with Gasteiger partial charge >= 0.3 is 5.97 Å². The van der Waals surface area contributed by atoms with E-state index in [1.165, 1.54) is 0 Å². The van der Waals surface area contributed by atoms with Crippen molar-refractivity contribution in [1.82, 2.24) is 0 Å². The van der Waals surface area contributed by atoms with Crippen LogP contribution in [-0.2, 0) is 9.59 Å². The predicted octanol–water partition coefficient (Wildman–Crippen LogP) is 3.57. The van der Waals surface area contributed by atoms with E-state index < -0.39 is 5.92 Å². The predicted molar refractivity (Wildman–Crippen MR) is 93.2 cm³/mol. The third kappa shape index (κ3) is 3.32. The number of benzene rings is 2. The van der Waals surface area contributed by atoms with Gasteiger partial charge in [-0.3, -0.25) is 9.59 Å². The lowest BCUT2D eigenvalue weighted by molar-refractivity contribution is -0.139. The van der Waals surface area contributed by atoms with E-state index in [1.807, 2.05) is 63.2 Å². The Morgan fingerprint density at radius 1 is 1.04 bits per heavy atom. The molecule has 1 aliphatic heterocycles. The third-order valence-electron chi connectivity index (χ3n) is 4.36. The molecule has 4 nitrogen and oxygen atoms in total. The number of aryl methyl sites for hydroxylation is 3. The summed E-state index contributed by atoms with van der Waals surface area (Å²) in [6.07, 6.45) is 0.192. The molecule has 0 saturated carbocycles. The first kappa shape index (κ1) is 16.2. The number of esters is 1. The fraction of sp³-hybridized carbons (Fsp3) is 0.300. The first-order valence-corrected chi connectivity index (χ1v) is 8.10. The minimum Gasteiger partial charge on any atom is -0.426 e. The molecule has 1 amide bonds. The number of anilines is 1. The molecule has 3 rings (SSSR count). The van der Waals surface area contributed by atoms with Crippen LogP contribution in [0.2, 0.25) is 0 Å². The second-order valence-corrected chi connectivity index (χ2v) is 6.43. The molecule has 2 aromatic rings. The van der Waals surface area contributed by atoms with Gasteiger partial charge in [-0.15, -0.1) is 0 Å². The Morgan fingerprint density at radius 3 is 2.42 bits per heavy atom. The maximum absolute atomic E-state index is 12.5. The van der Waals surface area contributed by atoms with E-state index in [9.17, 15) is 9.59 Å². The second kappa shape index (κ2) is 6.48. The van der Waals surface area contributed by atoms with Crippen LogP contribution in [0.4, 0.5) is 5.69 Å². The highest BCUT2D eigenvalue weighted by Gasteiger charge is 2.36. The van der Waals surface area contributed by atoms with Crippen LogP contribution in [0, 0.1) is 26.7 Å². The molecule has 124 valence electrons. The SMILES string of the molecule is Cc1ccc(N2C[C@H](C(=O)Oc3cc(C)ccc3C)CC2=O)cc1. The summed E-state index contributed by atoms with van der Waals surface area (Å²) in [6, 6.07) is 13.5. The molecule has 24 heavy (non-hydrogen) atoms. The molecule has 1 fully saturated rings. The zero-order valence-electron chi connectivity index (χ0n) is 14.2. The van der Waals surface area contributed by atoms with E-state index in [0.717, 1.165) is 22.4 Å². The number of hydrogen-bond donors (Lipinski definition) is 0. The summed E-state index contributed by atoms with van der Waals surface area (Å²) in [6.45, 7) is 6.22. The quantitative estimate of drug-likeness (QED) is 0.641. The van der Waals surface area contributed by atoms with Gasteiger partial charge < -0.3 is 9.64 Å². The Labute approximate surface area is 142 Å². The van der Waals surface area contributed by atoms with Gasteiger partial charge in [0.1, 0.15) is 5.75 Å². The summed E-state index contributed by atoms with van der Waals surface area (Å²) in [7, 11) is 0. The molecule has 0 radical (unpaired) electrons. The molecular formula is C20H21NO3. The largest absolute Gasteiger partial charge is 0.426 e. The number of hydrogen-bond acceptors (Lipinski definition) is 3. The molecule has 0 N–H and O–H groups in total. The van der Waals surface area contributed by atoms with E-state index in [4.69, 9.17) is 4.74 Å². The summed E-state index contributed by atoms with van der Waals surface area (Å²) in [5.74, 6) is -0.242. The number of carbonyl (C=O) groups excluding carboxylic acids is 2. The fourth-order valence-corrected chi connectivity index (χ4v) is 2.85. The third-order valence-corrected chi connectivity index (χ3v) is 4.36. The Kier molecular flexibility index (Phi) is 4.38. The lowest BCUT2D eigenvalue weighted by atomic mass is 10.1. The van der Waals surface area contributed by atoms with Gasteiger partial charge in [0.2, 0.25) is 5.91 Å². The van der Waals surface area contributed by atoms with Crippen LogP contribution in [0.15, 0.2) is 42.5 Å². The smallest absolute Gasteiger partial charge is 0.316 e. The van der Waals surface area contributed by atoms with Crippen molar-refractivity contribution in [1.29, 1.82) is 0 Å². The summed E-state index contributed by atoms with van der Waals surface area (Å²) < 4.78 is 5.54. The molecule has 0 bridgehead atoms. The van der Waals surface area contributed by atoms with Crippen LogP contribution in [0.1, 0.15) is 23.1 Å². The van der Waals surface area contributed by atoms with Gasteiger partial charge in [0.25, 0.3) is 0 Å². The van der Waals surface area contributed by atoms with Crippen LogP contribution in [0.3, 0.4) is 0 Å². The highest BCUT2D eigenvalue weighted by Crippen LogP contribution is 2.27. The molecule has 0 spiro atoms. The maximum atomic E-state index is 12.5. The molecule has 1 heterocycles. The number of rotatable bonds is 3. The van der Waals surface area contributed by atoms with Crippen LogP contribution >= 0.6 is 0 Å². The zero-order chi connectivity index (χ0) is 17.3. The van der Waals surface area contributed by atoms with Crippen LogP contribution in [0.25, 0.3) is 0 Å². The van der Waals surface area contributed by atoms with Crippen molar-refractivity contribution in [3.63, 3.8) is 0 Å². The summed E-state index contributed by atoms with van der Waals surface area (Å²) in [5.41, 5.74) is 3.91. The van der Waals surface area contributed by atoms with Crippen LogP contribution in [0.5, 0.6) is 5.75 Å². The molecule has 0 unspecified atom stereocenters. The molecule has 1 atom stereocenters. The summed E-state index contributed by atoms with van der Waals surface area (Å²) in [4.78, 5) is 26.4. The van der Waals surface area contributed by atoms with Crippen LogP contribution < -0.4 is 9.64 Å². The monoisotopic (exact) mass is 323 g/mol. The standard InChI is InChI=1S/C20H21NO3/c1-13-5-8-17(9-6-13)21-12-16(11-19(21)22)20(23)24-18-10-14(2)4-7-15(18)3/h4-10,16H,11-12H2,1-3H3/t16-/m1/s1. The minimum atomic E-state index is -0.432. The van der Waals surface area contributed by atoms with Crippen molar-refractivity contribution in [3.05, 3.63) is 59.2 Å². The fourth-order valence-electron chi connectivity index (χ4n) is 2.85. The Morgan fingerprint density at radius 2 is 1.71 bits per heavy atom. The first-order valence-electron chi connectivity index (χ1n) is 8.10. The van der Waals surface area contributed by atoms with Gasteiger partial charge in [-0.25, -0.2) is 0 Å². The van der Waals surface area contributed by atoms with E-state index in [0.29, 0.717) is 12.3 Å². The number of nitrogens with zero attached hydrogens (tertiary/aromatic N) is 1. The Balaban J connectivity index is 1.72. The van der Waals surface area contributed by atoms with Gasteiger partial charge in [-0.1, -0.05) is 29.8 Å². The second-order valence-electron chi connectivity index (χ2n) is 6.43. The van der Waals surface area contributed by atoms with Gasteiger partial charge in [0.05, 0.1) is 5.92 Å². The number of amides is 1. The van der Waals surface area contributed by atoms with Gasteiger partial charge in [-0.05, 0) is 50.1 Å². The van der Waals surface area contributed by atoms with Crippen molar-refractivity contribution in [2.75, 3.05) is 11.4 Å². The van der Waals surface area contributed by atoms with Gasteiger partial charge in [0, 0.05) is 18.7 Å². The van der Waals surface area contributed by atoms with Crippen molar-refractivity contribution < 1.29 is 14.3 Å². The highest BCUT2D eigenvalue weighted by molar-refractivity contribution is 5.99. The number of carbonyl (C=O) groups is 2. The minimum absolute atomic E-state index is 0.0400. The van der Waals surface area contributed by atoms with Crippen LogP contribution in [-0.4, -0.2) is 18.4 Å². The van der Waals surface area contributed by atoms with E-state index in [2.05, 4.69) is 0 Å². The van der Waals surface area contributed by atoms with Gasteiger partial charge in [-0.2, -0.15) is 0 Å². The normalized spacial score (nSPS) is 17.2. The molecule has 1 saturated heterocycles. The Bertz CT molecular complexity index is 780. The van der Waals surface area contributed by atoms with Crippen molar-refractivity contribution >= 4 is 17.6 Å².